The van der Waals surface area contributed by atoms with Gasteiger partial charge in [0.25, 0.3) is 0 Å². The Morgan fingerprint density at radius 2 is 1.51 bits per heavy atom. The number of benzene rings is 1. The Kier molecular flexibility index (Phi) is 5.87. The maximum Gasteiger partial charge on any atom is 0.463 e. The number of halogens is 10. The first-order valence-electron chi connectivity index (χ1n) is 9.37. The number of amides is 2. The molecule has 0 aliphatic carbocycles. The van der Waals surface area contributed by atoms with Crippen LogP contribution in [0.25, 0.3) is 0 Å². The van der Waals surface area contributed by atoms with Crippen molar-refractivity contribution in [3.05, 3.63) is 36.0 Å². The monoisotopic (exact) mass is 524 g/mol. The van der Waals surface area contributed by atoms with E-state index in [-0.39, 0.29) is 15.5 Å². The third-order valence-electron chi connectivity index (χ3n) is 5.91. The number of anilines is 1. The van der Waals surface area contributed by atoms with Crippen LogP contribution in [-0.2, 0) is 15.0 Å². The number of likely N-dealkylation sites (tertiary alicyclic amines) is 1. The van der Waals surface area contributed by atoms with E-state index in [2.05, 4.69) is 6.58 Å². The summed E-state index contributed by atoms with van der Waals surface area (Å²) in [5, 5.41) is 10.8. The molecule has 0 saturated carbocycles. The van der Waals surface area contributed by atoms with Crippen molar-refractivity contribution in [3.63, 3.8) is 0 Å². The first-order valence-corrected chi connectivity index (χ1v) is 9.37. The Morgan fingerprint density at radius 1 is 1.00 bits per heavy atom. The molecule has 16 heteroatoms. The van der Waals surface area contributed by atoms with Gasteiger partial charge in [0.05, 0.1) is 18.2 Å². The molecule has 3 rings (SSSR count). The van der Waals surface area contributed by atoms with Crippen LogP contribution in [-0.4, -0.2) is 65.9 Å². The van der Waals surface area contributed by atoms with E-state index >= 15 is 0 Å². The zero-order valence-corrected chi connectivity index (χ0v) is 17.3. The Labute approximate surface area is 189 Å². The number of rotatable bonds is 3. The molecule has 0 unspecified atom stereocenters. The van der Waals surface area contributed by atoms with Gasteiger partial charge in [0.2, 0.25) is 0 Å². The molecule has 194 valence electrons. The number of ether oxygens (including phenoxy) is 1. The van der Waals surface area contributed by atoms with Crippen LogP contribution in [0.15, 0.2) is 30.5 Å². The van der Waals surface area contributed by atoms with E-state index < -0.39 is 77.6 Å². The molecule has 1 N–H and O–H groups in total. The molecule has 1 aromatic carbocycles. The van der Waals surface area contributed by atoms with Crippen LogP contribution in [0.2, 0.25) is 0 Å². The molecule has 2 aliphatic rings. The highest BCUT2D eigenvalue weighted by Crippen LogP contribution is 2.57. The van der Waals surface area contributed by atoms with Crippen molar-refractivity contribution in [2.24, 2.45) is 0 Å². The Balaban J connectivity index is 2.16. The molecular formula is C19H14F10N2O4. The smallest absolute Gasteiger partial charge is 0.463 e. The van der Waals surface area contributed by atoms with Crippen LogP contribution in [0, 0.1) is 0 Å². The molecule has 1 fully saturated rings. The highest BCUT2D eigenvalue weighted by molar-refractivity contribution is 6.02. The Bertz CT molecular complexity index is 1080. The van der Waals surface area contributed by atoms with Crippen molar-refractivity contribution < 1.29 is 63.3 Å². The second kappa shape index (κ2) is 7.73. The van der Waals surface area contributed by atoms with E-state index in [0.29, 0.717) is 0 Å². The first-order chi connectivity index (χ1) is 15.8. The Hall–Kier alpha value is -3.04. The average Bonchev–Trinajstić information content (AvgIpc) is 3.20. The number of nitrogens with zero attached hydrogens (tertiary/aromatic N) is 2. The zero-order chi connectivity index (χ0) is 26.9. The molecule has 2 heterocycles. The van der Waals surface area contributed by atoms with Gasteiger partial charge in [0.15, 0.2) is 0 Å². The van der Waals surface area contributed by atoms with E-state index in [4.69, 9.17) is 4.74 Å². The predicted octanol–water partition coefficient (Wildman–Crippen LogP) is 3.74. The third-order valence-corrected chi connectivity index (χ3v) is 5.91. The fourth-order valence-electron chi connectivity index (χ4n) is 4.09. The molecular weight excluding hydrogens is 510 g/mol. The summed E-state index contributed by atoms with van der Waals surface area (Å²) in [6.07, 6.45) is -16.2. The largest absolute Gasteiger partial charge is 0.497 e. The second-order valence-electron chi connectivity index (χ2n) is 7.70. The molecule has 1 spiro atoms. The van der Waals surface area contributed by atoms with E-state index in [1.807, 2.05) is 0 Å². The molecule has 2 aliphatic heterocycles. The van der Waals surface area contributed by atoms with Crippen molar-refractivity contribution in [2.75, 3.05) is 18.6 Å². The first kappa shape index (κ1) is 26.6. The van der Waals surface area contributed by atoms with Gasteiger partial charge in [-0.1, -0.05) is 6.58 Å². The van der Waals surface area contributed by atoms with E-state index in [1.54, 1.807) is 0 Å². The molecule has 1 saturated heterocycles. The molecule has 2 amide bonds. The van der Waals surface area contributed by atoms with Crippen molar-refractivity contribution in [3.8, 4) is 5.75 Å². The molecule has 6 nitrogen and oxygen atoms in total. The van der Waals surface area contributed by atoms with E-state index in [1.165, 1.54) is 0 Å². The molecule has 0 aromatic heterocycles. The molecule has 0 bridgehead atoms. The number of alkyl halides is 10. The van der Waals surface area contributed by atoms with Crippen molar-refractivity contribution in [2.45, 2.75) is 42.3 Å². The van der Waals surface area contributed by atoms with Crippen LogP contribution >= 0.6 is 0 Å². The van der Waals surface area contributed by atoms with Gasteiger partial charge in [-0.25, -0.2) is 0 Å². The Morgan fingerprint density at radius 3 is 2.00 bits per heavy atom. The lowest BCUT2D eigenvalue weighted by atomic mass is 9.77. The summed E-state index contributed by atoms with van der Waals surface area (Å²) in [5.41, 5.74) is -4.56. The number of fused-ring (bicyclic) bond motifs is 2. The second-order valence-corrected chi connectivity index (χ2v) is 7.70. The van der Waals surface area contributed by atoms with Crippen LogP contribution in [0.3, 0.4) is 0 Å². The molecule has 2 atom stereocenters. The summed E-state index contributed by atoms with van der Waals surface area (Å²) in [5.74, 6) is -17.8. The fourth-order valence-corrected chi connectivity index (χ4v) is 4.09. The molecule has 1 aromatic rings. The number of carbonyl (C=O) groups is 2. The minimum Gasteiger partial charge on any atom is -0.497 e. The minimum atomic E-state index is -6.39. The quantitative estimate of drug-likeness (QED) is 0.612. The van der Waals surface area contributed by atoms with Gasteiger partial charge in [-0.2, -0.15) is 43.9 Å². The summed E-state index contributed by atoms with van der Waals surface area (Å²) in [4.78, 5) is 23.8. The van der Waals surface area contributed by atoms with Crippen LogP contribution in [0.1, 0.15) is 12.0 Å². The predicted molar refractivity (Wildman–Crippen MR) is 95.6 cm³/mol. The van der Waals surface area contributed by atoms with Crippen LogP contribution in [0.4, 0.5) is 49.6 Å². The average molecular weight is 524 g/mol. The maximum absolute atomic E-state index is 13.9. The summed E-state index contributed by atoms with van der Waals surface area (Å²) in [7, 11) is 1.10. The lowest BCUT2D eigenvalue weighted by molar-refractivity contribution is -0.273. The molecule has 0 radical (unpaired) electrons. The van der Waals surface area contributed by atoms with Crippen LogP contribution in [0.5, 0.6) is 5.75 Å². The van der Waals surface area contributed by atoms with Gasteiger partial charge in [0, 0.05) is 12.2 Å². The van der Waals surface area contributed by atoms with E-state index in [0.717, 1.165) is 25.3 Å². The summed E-state index contributed by atoms with van der Waals surface area (Å²) >= 11 is 0. The van der Waals surface area contributed by atoms with E-state index in [9.17, 15) is 58.6 Å². The topological polar surface area (TPSA) is 70.1 Å². The number of hydrogen-bond donors (Lipinski definition) is 1. The minimum absolute atomic E-state index is 0.106. The molecule has 35 heavy (non-hydrogen) atoms. The normalized spacial score (nSPS) is 23.2. The van der Waals surface area contributed by atoms with Gasteiger partial charge < -0.3 is 14.7 Å². The lowest BCUT2D eigenvalue weighted by Crippen LogP contribution is -2.57. The van der Waals surface area contributed by atoms with Crippen molar-refractivity contribution in [1.82, 2.24) is 4.90 Å². The van der Waals surface area contributed by atoms with Gasteiger partial charge in [-0.15, -0.1) is 0 Å². The van der Waals surface area contributed by atoms with Gasteiger partial charge in [-0.05, 0) is 30.2 Å². The number of aliphatic hydroxyl groups excluding tert-OH is 1. The standard InChI is InChI=1S/C19H14F10N2O4/c1-8-15(5-6-30(8)13(33)16(20,21)18(24,25)26)10-7-9(35-2)3-4-11(10)31(12(15)32)14(34)17(22,23)19(27,28)29/h3-4,7,12,32H,1,5-6H2,2H3/t12-,15+/m0/s1. The highest BCUT2D eigenvalue weighted by atomic mass is 19.4. The van der Waals surface area contributed by atoms with Crippen LogP contribution < -0.4 is 9.64 Å². The fraction of sp³-hybridized carbons (Fsp3) is 0.474. The highest BCUT2D eigenvalue weighted by Gasteiger charge is 2.71. The summed E-state index contributed by atoms with van der Waals surface area (Å²) < 4.78 is 137. The van der Waals surface area contributed by atoms with Crippen molar-refractivity contribution in [1.29, 1.82) is 0 Å². The number of hydrogen-bond acceptors (Lipinski definition) is 4. The van der Waals surface area contributed by atoms with Crippen molar-refractivity contribution >= 4 is 17.5 Å². The number of aliphatic hydroxyl groups is 1. The summed E-state index contributed by atoms with van der Waals surface area (Å²) in [6.45, 7) is 2.29. The lowest BCUT2D eigenvalue weighted by Gasteiger charge is -2.35. The van der Waals surface area contributed by atoms with Gasteiger partial charge >= 0.3 is 36.0 Å². The number of methoxy groups -OCH3 is 1. The van der Waals surface area contributed by atoms with Gasteiger partial charge in [-0.3, -0.25) is 14.5 Å². The SMILES string of the molecule is C=C1N(C(=O)C(F)(F)C(F)(F)F)CC[C@]12c1cc(OC)ccc1N(C(=O)C(F)(F)C(F)(F)F)[C@H]2O. The maximum atomic E-state index is 13.9. The third kappa shape index (κ3) is 3.51. The number of carbonyl (C=O) groups excluding carboxylic acids is 2. The van der Waals surface area contributed by atoms with Gasteiger partial charge in [0.1, 0.15) is 12.0 Å². The zero-order valence-electron chi connectivity index (χ0n) is 17.3. The summed E-state index contributed by atoms with van der Waals surface area (Å²) in [6, 6.07) is 2.76.